The molecule has 0 saturated carbocycles. The Labute approximate surface area is 136 Å². The highest BCUT2D eigenvalue weighted by molar-refractivity contribution is 6.01. The molecule has 0 aliphatic heterocycles. The Morgan fingerprint density at radius 3 is 2.30 bits per heavy atom. The molecular formula is C21H18N2. The zero-order valence-corrected chi connectivity index (χ0v) is 13.3. The Kier molecular flexibility index (Phi) is 4.12. The maximum Gasteiger partial charge on any atom is 0.0998 e. The summed E-state index contributed by atoms with van der Waals surface area (Å²) in [5.74, 6) is 0. The van der Waals surface area contributed by atoms with Crippen LogP contribution in [-0.2, 0) is 0 Å². The third-order valence-electron chi connectivity index (χ3n) is 3.92. The number of fused-ring (bicyclic) bond motifs is 1. The van der Waals surface area contributed by atoms with Crippen LogP contribution in [-0.4, -0.2) is 14.1 Å². The molecule has 0 aliphatic rings. The number of allylic oxidation sites excluding steroid dienone is 1. The van der Waals surface area contributed by atoms with E-state index in [1.807, 2.05) is 56.6 Å². The predicted octanol–water partition coefficient (Wildman–Crippen LogP) is 4.97. The molecule has 0 N–H and O–H groups in total. The first-order chi connectivity index (χ1) is 11.2. The molecule has 2 nitrogen and oxygen atoms in total. The summed E-state index contributed by atoms with van der Waals surface area (Å²) in [6.07, 6.45) is 1.95. The number of benzene rings is 3. The van der Waals surface area contributed by atoms with Gasteiger partial charge in [-0.3, -0.25) is 0 Å². The topological polar surface area (TPSA) is 27.0 Å². The molecule has 0 amide bonds. The van der Waals surface area contributed by atoms with Crippen LogP contribution in [0.5, 0.6) is 0 Å². The molecular weight excluding hydrogens is 280 g/mol. The largest absolute Gasteiger partial charge is 0.378 e. The summed E-state index contributed by atoms with van der Waals surface area (Å²) in [6.45, 7) is 0. The van der Waals surface area contributed by atoms with Crippen molar-refractivity contribution < 1.29 is 0 Å². The Morgan fingerprint density at radius 1 is 0.913 bits per heavy atom. The van der Waals surface area contributed by atoms with E-state index in [-0.39, 0.29) is 0 Å². The third-order valence-corrected chi connectivity index (χ3v) is 3.92. The molecule has 0 aromatic heterocycles. The average Bonchev–Trinajstić information content (AvgIpc) is 2.59. The maximum absolute atomic E-state index is 9.62. The molecule has 3 rings (SSSR count). The lowest BCUT2D eigenvalue weighted by Gasteiger charge is -2.12. The number of hydrogen-bond acceptors (Lipinski definition) is 2. The van der Waals surface area contributed by atoms with Gasteiger partial charge in [0.25, 0.3) is 0 Å². The van der Waals surface area contributed by atoms with Crippen molar-refractivity contribution in [3.8, 4) is 6.07 Å². The summed E-state index contributed by atoms with van der Waals surface area (Å²) in [5.41, 5.74) is 3.83. The molecule has 0 saturated heterocycles. The van der Waals surface area contributed by atoms with Crippen LogP contribution in [0.25, 0.3) is 22.4 Å². The molecule has 0 unspecified atom stereocenters. The van der Waals surface area contributed by atoms with Crippen LogP contribution < -0.4 is 4.90 Å². The van der Waals surface area contributed by atoms with E-state index in [0.29, 0.717) is 5.57 Å². The molecule has 0 aliphatic carbocycles. The number of nitriles is 1. The highest BCUT2D eigenvalue weighted by Crippen LogP contribution is 2.26. The summed E-state index contributed by atoms with van der Waals surface area (Å²) in [4.78, 5) is 2.06. The molecule has 112 valence electrons. The zero-order chi connectivity index (χ0) is 16.2. The minimum Gasteiger partial charge on any atom is -0.378 e. The van der Waals surface area contributed by atoms with Gasteiger partial charge in [-0.2, -0.15) is 5.26 Å². The van der Waals surface area contributed by atoms with Crippen LogP contribution in [0.4, 0.5) is 5.69 Å². The van der Waals surface area contributed by atoms with Crippen molar-refractivity contribution in [3.63, 3.8) is 0 Å². The molecule has 23 heavy (non-hydrogen) atoms. The van der Waals surface area contributed by atoms with E-state index in [9.17, 15) is 5.26 Å². The van der Waals surface area contributed by atoms with Gasteiger partial charge >= 0.3 is 0 Å². The SMILES string of the molecule is CN(C)c1ccc(/C=C(/C#N)c2cccc3ccccc23)cc1. The number of nitrogens with zero attached hydrogens (tertiary/aromatic N) is 2. The molecule has 0 atom stereocenters. The van der Waals surface area contributed by atoms with Crippen molar-refractivity contribution in [1.29, 1.82) is 5.26 Å². The predicted molar refractivity (Wildman–Crippen MR) is 98.2 cm³/mol. The number of anilines is 1. The Bertz CT molecular complexity index is 892. The van der Waals surface area contributed by atoms with E-state index in [4.69, 9.17) is 0 Å². The highest BCUT2D eigenvalue weighted by Gasteiger charge is 2.06. The molecule has 3 aromatic carbocycles. The monoisotopic (exact) mass is 298 g/mol. The van der Waals surface area contributed by atoms with Gasteiger partial charge in [0.2, 0.25) is 0 Å². The van der Waals surface area contributed by atoms with Gasteiger partial charge < -0.3 is 4.90 Å². The van der Waals surface area contributed by atoms with Crippen molar-refractivity contribution in [2.24, 2.45) is 0 Å². The van der Waals surface area contributed by atoms with E-state index in [0.717, 1.165) is 27.6 Å². The molecule has 3 aromatic rings. The van der Waals surface area contributed by atoms with Gasteiger partial charge in [0.1, 0.15) is 0 Å². The zero-order valence-electron chi connectivity index (χ0n) is 13.3. The van der Waals surface area contributed by atoms with Gasteiger partial charge in [0.05, 0.1) is 11.6 Å². The van der Waals surface area contributed by atoms with Crippen molar-refractivity contribution >= 4 is 28.1 Å². The number of hydrogen-bond donors (Lipinski definition) is 0. The summed E-state index contributed by atoms with van der Waals surface area (Å²) in [7, 11) is 4.03. The van der Waals surface area contributed by atoms with Crippen LogP contribution >= 0.6 is 0 Å². The molecule has 0 bridgehead atoms. The van der Waals surface area contributed by atoms with Crippen LogP contribution in [0.1, 0.15) is 11.1 Å². The standard InChI is InChI=1S/C21H18N2/c1-23(2)19-12-10-16(11-13-19)14-18(15-22)21-9-5-7-17-6-3-4-8-20(17)21/h3-14H,1-2H3/b18-14-. The fourth-order valence-electron chi connectivity index (χ4n) is 2.67. The Hall–Kier alpha value is -3.05. The molecule has 0 fully saturated rings. The van der Waals surface area contributed by atoms with E-state index in [1.165, 1.54) is 0 Å². The van der Waals surface area contributed by atoms with Gasteiger partial charge in [-0.1, -0.05) is 54.6 Å². The van der Waals surface area contributed by atoms with E-state index >= 15 is 0 Å². The Balaban J connectivity index is 2.06. The lowest BCUT2D eigenvalue weighted by Crippen LogP contribution is -2.07. The van der Waals surface area contributed by atoms with Gasteiger partial charge in [-0.05, 0) is 34.5 Å². The lowest BCUT2D eigenvalue weighted by molar-refractivity contribution is 1.13. The minimum absolute atomic E-state index is 0.680. The van der Waals surface area contributed by atoms with Crippen molar-refractivity contribution in [1.82, 2.24) is 0 Å². The van der Waals surface area contributed by atoms with Crippen molar-refractivity contribution in [2.75, 3.05) is 19.0 Å². The van der Waals surface area contributed by atoms with E-state index in [2.05, 4.69) is 41.3 Å². The summed E-state index contributed by atoms with van der Waals surface area (Å²) in [5, 5.41) is 11.9. The quantitative estimate of drug-likeness (QED) is 0.504. The normalized spacial score (nSPS) is 11.3. The number of rotatable bonds is 3. The minimum atomic E-state index is 0.680. The summed E-state index contributed by atoms with van der Waals surface area (Å²) >= 11 is 0. The fourth-order valence-corrected chi connectivity index (χ4v) is 2.67. The summed E-state index contributed by atoms with van der Waals surface area (Å²) in [6, 6.07) is 24.8. The first-order valence-electron chi connectivity index (χ1n) is 7.56. The first-order valence-corrected chi connectivity index (χ1v) is 7.56. The van der Waals surface area contributed by atoms with Crippen LogP contribution in [0.2, 0.25) is 0 Å². The highest BCUT2D eigenvalue weighted by atomic mass is 15.1. The smallest absolute Gasteiger partial charge is 0.0998 e. The lowest BCUT2D eigenvalue weighted by atomic mass is 9.97. The van der Waals surface area contributed by atoms with Crippen LogP contribution in [0, 0.1) is 11.3 Å². The van der Waals surface area contributed by atoms with Gasteiger partial charge in [-0.25, -0.2) is 0 Å². The molecule has 0 heterocycles. The van der Waals surface area contributed by atoms with Crippen LogP contribution in [0.15, 0.2) is 66.7 Å². The fraction of sp³-hybridized carbons (Fsp3) is 0.0952. The second kappa shape index (κ2) is 6.37. The van der Waals surface area contributed by atoms with Crippen molar-refractivity contribution in [2.45, 2.75) is 0 Å². The van der Waals surface area contributed by atoms with Crippen LogP contribution in [0.3, 0.4) is 0 Å². The van der Waals surface area contributed by atoms with Gasteiger partial charge in [0, 0.05) is 25.3 Å². The first kappa shape index (κ1) is 14.9. The average molecular weight is 298 g/mol. The maximum atomic E-state index is 9.62. The molecule has 0 radical (unpaired) electrons. The van der Waals surface area contributed by atoms with Gasteiger partial charge in [0.15, 0.2) is 0 Å². The second-order valence-electron chi connectivity index (χ2n) is 5.68. The Morgan fingerprint density at radius 2 is 1.61 bits per heavy atom. The molecule has 0 spiro atoms. The second-order valence-corrected chi connectivity index (χ2v) is 5.68. The van der Waals surface area contributed by atoms with Gasteiger partial charge in [-0.15, -0.1) is 0 Å². The van der Waals surface area contributed by atoms with Crippen molar-refractivity contribution in [3.05, 3.63) is 77.9 Å². The summed E-state index contributed by atoms with van der Waals surface area (Å²) < 4.78 is 0. The van der Waals surface area contributed by atoms with E-state index < -0.39 is 0 Å². The molecule has 2 heteroatoms. The third kappa shape index (κ3) is 3.09. The van der Waals surface area contributed by atoms with E-state index in [1.54, 1.807) is 0 Å².